The van der Waals surface area contributed by atoms with Gasteiger partial charge in [0.25, 0.3) is 0 Å². The highest BCUT2D eigenvalue weighted by atomic mass is 79.9. The van der Waals surface area contributed by atoms with E-state index in [0.717, 1.165) is 28.9 Å². The van der Waals surface area contributed by atoms with Gasteiger partial charge in [0.2, 0.25) is 0 Å². The highest BCUT2D eigenvalue weighted by molar-refractivity contribution is 9.10. The summed E-state index contributed by atoms with van der Waals surface area (Å²) in [4.78, 5) is 7.77. The summed E-state index contributed by atoms with van der Waals surface area (Å²) in [5.41, 5.74) is 11.6. The van der Waals surface area contributed by atoms with Crippen molar-refractivity contribution in [2.45, 2.75) is 39.2 Å². The minimum absolute atomic E-state index is 0.157. The molecule has 0 aromatic heterocycles. The van der Waals surface area contributed by atoms with Crippen molar-refractivity contribution in [3.8, 4) is 0 Å². The van der Waals surface area contributed by atoms with Crippen molar-refractivity contribution >= 4 is 44.6 Å². The SMILES string of the molecule is Cc1ccc(/C=C2\CCCC3=C2N=C2SC=C(c4ccc(Br)cc4)N2[C@H]3c2ccc(C)cc2)cc1. The number of allylic oxidation sites excluding steroid dienone is 1. The Morgan fingerprint density at radius 3 is 2.29 bits per heavy atom. The zero-order chi connectivity index (χ0) is 23.9. The van der Waals surface area contributed by atoms with Gasteiger partial charge >= 0.3 is 0 Å². The summed E-state index contributed by atoms with van der Waals surface area (Å²) in [6.45, 7) is 4.30. The molecular formula is C31H27BrN2S. The fourth-order valence-electron chi connectivity index (χ4n) is 5.16. The van der Waals surface area contributed by atoms with E-state index in [1.807, 2.05) is 0 Å². The van der Waals surface area contributed by atoms with E-state index in [1.54, 1.807) is 11.8 Å². The van der Waals surface area contributed by atoms with Crippen LogP contribution in [0.4, 0.5) is 0 Å². The Labute approximate surface area is 220 Å². The molecule has 0 saturated heterocycles. The number of amidine groups is 1. The second-order valence-corrected chi connectivity index (χ2v) is 11.3. The second-order valence-electron chi connectivity index (χ2n) is 9.51. The Morgan fingerprint density at radius 2 is 1.57 bits per heavy atom. The maximum atomic E-state index is 5.30. The van der Waals surface area contributed by atoms with Crippen molar-refractivity contribution in [3.05, 3.63) is 127 Å². The van der Waals surface area contributed by atoms with Crippen LogP contribution in [0.15, 0.2) is 105 Å². The lowest BCUT2D eigenvalue weighted by atomic mass is 9.82. The van der Waals surface area contributed by atoms with Crippen LogP contribution in [0.25, 0.3) is 11.8 Å². The number of nitrogens with zero attached hydrogens (tertiary/aromatic N) is 2. The van der Waals surface area contributed by atoms with Gasteiger partial charge in [-0.3, -0.25) is 0 Å². The Bertz CT molecular complexity index is 1390. The summed E-state index contributed by atoms with van der Waals surface area (Å²) in [6.07, 6.45) is 5.65. The molecular weight excluding hydrogens is 512 g/mol. The summed E-state index contributed by atoms with van der Waals surface area (Å²) in [6, 6.07) is 26.7. The normalized spacial score (nSPS) is 20.5. The number of benzene rings is 3. The molecule has 0 unspecified atom stereocenters. The molecule has 174 valence electrons. The van der Waals surface area contributed by atoms with Crippen molar-refractivity contribution in [2.75, 3.05) is 0 Å². The predicted octanol–water partition coefficient (Wildman–Crippen LogP) is 9.05. The highest BCUT2D eigenvalue weighted by Gasteiger charge is 2.40. The summed E-state index contributed by atoms with van der Waals surface area (Å²) in [7, 11) is 0. The molecule has 0 bridgehead atoms. The van der Waals surface area contributed by atoms with Crippen molar-refractivity contribution in [3.63, 3.8) is 0 Å². The first-order valence-corrected chi connectivity index (χ1v) is 13.8. The Kier molecular flexibility index (Phi) is 6.03. The fraction of sp³-hybridized carbons (Fsp3) is 0.194. The Morgan fingerprint density at radius 1 is 0.886 bits per heavy atom. The van der Waals surface area contributed by atoms with E-state index < -0.39 is 0 Å². The van der Waals surface area contributed by atoms with Crippen molar-refractivity contribution < 1.29 is 0 Å². The number of fused-ring (bicyclic) bond motifs is 1. The van der Waals surface area contributed by atoms with E-state index in [1.165, 1.54) is 50.4 Å². The van der Waals surface area contributed by atoms with Gasteiger partial charge in [-0.1, -0.05) is 99.5 Å². The smallest absolute Gasteiger partial charge is 0.174 e. The van der Waals surface area contributed by atoms with Gasteiger partial charge in [0.05, 0.1) is 17.4 Å². The third-order valence-electron chi connectivity index (χ3n) is 6.99. The topological polar surface area (TPSA) is 15.6 Å². The molecule has 0 fully saturated rings. The molecule has 0 radical (unpaired) electrons. The van der Waals surface area contributed by atoms with Crippen LogP contribution < -0.4 is 0 Å². The molecule has 0 N–H and O–H groups in total. The number of rotatable bonds is 3. The summed E-state index contributed by atoms with van der Waals surface area (Å²) in [5, 5.41) is 3.34. The van der Waals surface area contributed by atoms with Gasteiger partial charge in [0.15, 0.2) is 5.17 Å². The lowest BCUT2D eigenvalue weighted by molar-refractivity contribution is 0.458. The molecule has 1 atom stereocenters. The summed E-state index contributed by atoms with van der Waals surface area (Å²) < 4.78 is 1.10. The van der Waals surface area contributed by atoms with E-state index in [9.17, 15) is 0 Å². The first kappa shape index (κ1) is 22.6. The predicted molar refractivity (Wildman–Crippen MR) is 153 cm³/mol. The van der Waals surface area contributed by atoms with Gasteiger partial charge < -0.3 is 4.90 Å². The molecule has 3 aromatic carbocycles. The summed E-state index contributed by atoms with van der Waals surface area (Å²) in [5.74, 6) is 0. The van der Waals surface area contributed by atoms with Crippen molar-refractivity contribution in [1.29, 1.82) is 0 Å². The van der Waals surface area contributed by atoms with Gasteiger partial charge in [-0.2, -0.15) is 0 Å². The van der Waals surface area contributed by atoms with Gasteiger partial charge in [0, 0.05) is 9.88 Å². The average Bonchev–Trinajstić information content (AvgIpc) is 3.29. The molecule has 6 rings (SSSR count). The van der Waals surface area contributed by atoms with Crippen LogP contribution in [0.5, 0.6) is 0 Å². The molecule has 0 saturated carbocycles. The first-order valence-electron chi connectivity index (χ1n) is 12.1. The van der Waals surface area contributed by atoms with Crippen LogP contribution in [0, 0.1) is 13.8 Å². The van der Waals surface area contributed by atoms with E-state index in [4.69, 9.17) is 4.99 Å². The van der Waals surface area contributed by atoms with E-state index in [-0.39, 0.29) is 6.04 Å². The Hall–Kier alpha value is -2.82. The Balaban J connectivity index is 1.48. The standard InChI is InChI=1S/C31H27BrN2S/c1-20-6-10-22(11-7-20)18-25-4-3-5-27-29(25)33-31-34(30(27)24-12-8-21(2)9-13-24)28(19-35-31)23-14-16-26(32)17-15-23/h6-19,30H,3-5H2,1-2H3/b25-18+/t30-/m0/s1. The lowest BCUT2D eigenvalue weighted by Crippen LogP contribution is -2.34. The number of thioether (sulfide) groups is 1. The van der Waals surface area contributed by atoms with E-state index in [2.05, 4.69) is 119 Å². The van der Waals surface area contributed by atoms with Crippen LogP contribution in [0.1, 0.15) is 53.1 Å². The minimum Gasteiger partial charge on any atom is -0.308 e. The molecule has 2 nitrogen and oxygen atoms in total. The molecule has 2 heterocycles. The molecule has 3 aliphatic rings. The van der Waals surface area contributed by atoms with Crippen LogP contribution in [0.2, 0.25) is 0 Å². The molecule has 0 spiro atoms. The van der Waals surface area contributed by atoms with Gasteiger partial charge in [0.1, 0.15) is 0 Å². The zero-order valence-corrected chi connectivity index (χ0v) is 22.4. The third-order valence-corrected chi connectivity index (χ3v) is 8.36. The third kappa shape index (κ3) is 4.34. The van der Waals surface area contributed by atoms with Gasteiger partial charge in [-0.15, -0.1) is 0 Å². The first-order chi connectivity index (χ1) is 17.1. The number of hydrogen-bond donors (Lipinski definition) is 0. The zero-order valence-electron chi connectivity index (χ0n) is 20.0. The highest BCUT2D eigenvalue weighted by Crippen LogP contribution is 2.51. The maximum Gasteiger partial charge on any atom is 0.174 e. The van der Waals surface area contributed by atoms with E-state index >= 15 is 0 Å². The molecule has 4 heteroatoms. The number of halogens is 1. The van der Waals surface area contributed by atoms with Gasteiger partial charge in [-0.25, -0.2) is 4.99 Å². The van der Waals surface area contributed by atoms with Crippen molar-refractivity contribution in [1.82, 2.24) is 4.90 Å². The molecule has 0 amide bonds. The van der Waals surface area contributed by atoms with Crippen molar-refractivity contribution in [2.24, 2.45) is 4.99 Å². The van der Waals surface area contributed by atoms with E-state index in [0.29, 0.717) is 0 Å². The molecule has 1 aliphatic carbocycles. The quantitative estimate of drug-likeness (QED) is 0.330. The maximum absolute atomic E-state index is 5.30. The second kappa shape index (κ2) is 9.33. The lowest BCUT2D eigenvalue weighted by Gasteiger charge is -2.40. The fourth-order valence-corrected chi connectivity index (χ4v) is 6.35. The molecule has 2 aliphatic heterocycles. The monoisotopic (exact) mass is 538 g/mol. The summed E-state index contributed by atoms with van der Waals surface area (Å²) >= 11 is 5.33. The van der Waals surface area contributed by atoms with Crippen LogP contribution in [-0.2, 0) is 0 Å². The largest absolute Gasteiger partial charge is 0.308 e. The van der Waals surface area contributed by atoms with Crippen LogP contribution >= 0.6 is 27.7 Å². The van der Waals surface area contributed by atoms with Crippen LogP contribution in [-0.4, -0.2) is 10.1 Å². The van der Waals surface area contributed by atoms with Crippen LogP contribution in [0.3, 0.4) is 0 Å². The molecule has 35 heavy (non-hydrogen) atoms. The number of hydrogen-bond acceptors (Lipinski definition) is 3. The number of aryl methyl sites for hydroxylation is 2. The number of aliphatic imine (C=N–C) groups is 1. The average molecular weight is 540 g/mol. The molecule has 3 aromatic rings. The van der Waals surface area contributed by atoms with Gasteiger partial charge in [-0.05, 0) is 79.2 Å². The minimum atomic E-state index is 0.157.